The van der Waals surface area contributed by atoms with Crippen LogP contribution in [0.3, 0.4) is 0 Å². The first kappa shape index (κ1) is 16.0. The van der Waals surface area contributed by atoms with Gasteiger partial charge in [0, 0.05) is 41.6 Å². The fourth-order valence-corrected chi connectivity index (χ4v) is 2.54. The summed E-state index contributed by atoms with van der Waals surface area (Å²) in [6.07, 6.45) is 7.29. The van der Waals surface area contributed by atoms with Gasteiger partial charge in [0.1, 0.15) is 11.4 Å². The number of hydrogen-bond donors (Lipinski definition) is 0. The van der Waals surface area contributed by atoms with Crippen LogP contribution in [0.5, 0.6) is 11.8 Å². The van der Waals surface area contributed by atoms with Crippen molar-refractivity contribution in [3.63, 3.8) is 0 Å². The molecular formula is C18H15ClN4O. The maximum absolute atomic E-state index is 5.62. The van der Waals surface area contributed by atoms with E-state index in [1.807, 2.05) is 53.1 Å². The summed E-state index contributed by atoms with van der Waals surface area (Å²) in [5.41, 5.74) is 4.04. The summed E-state index contributed by atoms with van der Waals surface area (Å²) in [6, 6.07) is 13.8. The summed E-state index contributed by atoms with van der Waals surface area (Å²) >= 11 is 0. The molecule has 0 aliphatic carbocycles. The van der Waals surface area contributed by atoms with E-state index in [-0.39, 0.29) is 12.4 Å². The standard InChI is InChI=1S/C18H14N4O.ClH/c1-13-16(7-8-17-19-9-10-22(13)17)14-11-20-18(21-12-14)23-15-5-3-2-4-6-15;/h2-12H,1H3;1H. The first-order valence-corrected chi connectivity index (χ1v) is 7.29. The number of rotatable bonds is 3. The maximum atomic E-state index is 5.62. The second-order valence-corrected chi connectivity index (χ2v) is 5.16. The van der Waals surface area contributed by atoms with Crippen molar-refractivity contribution in [2.24, 2.45) is 0 Å². The smallest absolute Gasteiger partial charge is 0.321 e. The van der Waals surface area contributed by atoms with Crippen LogP contribution >= 0.6 is 12.4 Å². The predicted molar refractivity (Wildman–Crippen MR) is 94.7 cm³/mol. The van der Waals surface area contributed by atoms with Gasteiger partial charge >= 0.3 is 6.01 Å². The van der Waals surface area contributed by atoms with Crippen molar-refractivity contribution in [1.82, 2.24) is 19.4 Å². The van der Waals surface area contributed by atoms with Crippen LogP contribution in [0.2, 0.25) is 0 Å². The number of imidazole rings is 1. The van der Waals surface area contributed by atoms with Crippen molar-refractivity contribution in [2.75, 3.05) is 0 Å². The number of halogens is 1. The van der Waals surface area contributed by atoms with Crippen molar-refractivity contribution in [2.45, 2.75) is 6.92 Å². The summed E-state index contributed by atoms with van der Waals surface area (Å²) in [4.78, 5) is 12.9. The van der Waals surface area contributed by atoms with Gasteiger partial charge in [0.2, 0.25) is 0 Å². The first-order valence-electron chi connectivity index (χ1n) is 7.29. The molecule has 0 spiro atoms. The third-order valence-electron chi connectivity index (χ3n) is 3.71. The van der Waals surface area contributed by atoms with E-state index in [0.717, 1.165) is 28.2 Å². The fraction of sp³-hybridized carbons (Fsp3) is 0.0556. The lowest BCUT2D eigenvalue weighted by Crippen LogP contribution is -1.96. The topological polar surface area (TPSA) is 52.3 Å². The van der Waals surface area contributed by atoms with E-state index in [1.54, 1.807) is 18.6 Å². The average Bonchev–Trinajstić information content (AvgIpc) is 3.07. The minimum atomic E-state index is 0. The number of pyridine rings is 1. The number of fused-ring (bicyclic) bond motifs is 1. The molecular weight excluding hydrogens is 324 g/mol. The van der Waals surface area contributed by atoms with Gasteiger partial charge in [-0.05, 0) is 31.2 Å². The van der Waals surface area contributed by atoms with Crippen LogP contribution < -0.4 is 4.74 Å². The van der Waals surface area contributed by atoms with Crippen LogP contribution in [0.1, 0.15) is 5.69 Å². The summed E-state index contributed by atoms with van der Waals surface area (Å²) < 4.78 is 7.67. The zero-order valence-corrected chi connectivity index (χ0v) is 13.8. The molecule has 0 saturated carbocycles. The van der Waals surface area contributed by atoms with Crippen molar-refractivity contribution >= 4 is 18.1 Å². The van der Waals surface area contributed by atoms with Crippen molar-refractivity contribution < 1.29 is 4.74 Å². The van der Waals surface area contributed by atoms with Gasteiger partial charge in [0.15, 0.2) is 0 Å². The lowest BCUT2D eigenvalue weighted by molar-refractivity contribution is 0.442. The first-order chi connectivity index (χ1) is 11.3. The SMILES string of the molecule is Cc1c(-c2cnc(Oc3ccccc3)nc2)ccc2nccn12.Cl. The van der Waals surface area contributed by atoms with Gasteiger partial charge < -0.3 is 9.14 Å². The highest BCUT2D eigenvalue weighted by atomic mass is 35.5. The number of hydrogen-bond acceptors (Lipinski definition) is 4. The quantitative estimate of drug-likeness (QED) is 0.558. The molecule has 0 aliphatic rings. The molecule has 4 aromatic rings. The molecule has 0 amide bonds. The fourth-order valence-electron chi connectivity index (χ4n) is 2.54. The van der Waals surface area contributed by atoms with E-state index in [2.05, 4.69) is 21.9 Å². The predicted octanol–water partition coefficient (Wildman–Crippen LogP) is 4.31. The zero-order chi connectivity index (χ0) is 15.6. The minimum absolute atomic E-state index is 0. The molecule has 1 aromatic carbocycles. The van der Waals surface area contributed by atoms with Crippen molar-refractivity contribution in [1.29, 1.82) is 0 Å². The molecule has 6 heteroatoms. The Morgan fingerprint density at radius 3 is 2.42 bits per heavy atom. The van der Waals surface area contributed by atoms with E-state index in [1.165, 1.54) is 0 Å². The average molecular weight is 339 g/mol. The minimum Gasteiger partial charge on any atom is -0.424 e. The van der Waals surface area contributed by atoms with Crippen LogP contribution in [0.4, 0.5) is 0 Å². The van der Waals surface area contributed by atoms with Crippen molar-refractivity contribution in [3.05, 3.63) is 72.9 Å². The van der Waals surface area contributed by atoms with E-state index in [0.29, 0.717) is 6.01 Å². The number of ether oxygens (including phenoxy) is 1. The second kappa shape index (κ2) is 6.68. The van der Waals surface area contributed by atoms with Crippen LogP contribution in [-0.2, 0) is 0 Å². The maximum Gasteiger partial charge on any atom is 0.321 e. The monoisotopic (exact) mass is 338 g/mol. The Balaban J connectivity index is 0.00000169. The van der Waals surface area contributed by atoms with Gasteiger partial charge in [-0.15, -0.1) is 12.4 Å². The molecule has 0 unspecified atom stereocenters. The normalized spacial score (nSPS) is 10.4. The molecule has 24 heavy (non-hydrogen) atoms. The molecule has 0 N–H and O–H groups in total. The molecule has 0 atom stereocenters. The summed E-state index contributed by atoms with van der Waals surface area (Å²) in [6.45, 7) is 2.05. The van der Waals surface area contributed by atoms with E-state index in [9.17, 15) is 0 Å². The molecule has 120 valence electrons. The van der Waals surface area contributed by atoms with E-state index < -0.39 is 0 Å². The third kappa shape index (κ3) is 2.94. The van der Waals surface area contributed by atoms with E-state index >= 15 is 0 Å². The number of aryl methyl sites for hydroxylation is 1. The molecule has 4 rings (SSSR count). The van der Waals surface area contributed by atoms with Crippen LogP contribution in [0.25, 0.3) is 16.8 Å². The Bertz CT molecular complexity index is 952. The Kier molecular flexibility index (Phi) is 4.44. The molecule has 0 saturated heterocycles. The number of nitrogens with zero attached hydrogens (tertiary/aromatic N) is 4. The van der Waals surface area contributed by atoms with Gasteiger partial charge in [0.25, 0.3) is 0 Å². The van der Waals surface area contributed by atoms with Crippen LogP contribution in [0.15, 0.2) is 67.3 Å². The van der Waals surface area contributed by atoms with Gasteiger partial charge in [-0.2, -0.15) is 0 Å². The van der Waals surface area contributed by atoms with Crippen LogP contribution in [-0.4, -0.2) is 19.4 Å². The highest BCUT2D eigenvalue weighted by Gasteiger charge is 2.08. The summed E-state index contributed by atoms with van der Waals surface area (Å²) in [5.74, 6) is 0.719. The van der Waals surface area contributed by atoms with Crippen LogP contribution in [0, 0.1) is 6.92 Å². The molecule has 0 fully saturated rings. The zero-order valence-electron chi connectivity index (χ0n) is 13.0. The molecule has 0 aliphatic heterocycles. The van der Waals surface area contributed by atoms with Gasteiger partial charge in [-0.1, -0.05) is 18.2 Å². The lowest BCUT2D eigenvalue weighted by atomic mass is 10.1. The lowest BCUT2D eigenvalue weighted by Gasteiger charge is -2.09. The number of aromatic nitrogens is 4. The largest absolute Gasteiger partial charge is 0.424 e. The Hall–Kier alpha value is -2.92. The highest BCUT2D eigenvalue weighted by molar-refractivity contribution is 5.85. The Morgan fingerprint density at radius 1 is 0.917 bits per heavy atom. The second-order valence-electron chi connectivity index (χ2n) is 5.16. The summed E-state index contributed by atoms with van der Waals surface area (Å²) in [5, 5.41) is 0. The Morgan fingerprint density at radius 2 is 1.67 bits per heavy atom. The molecule has 0 bridgehead atoms. The van der Waals surface area contributed by atoms with Gasteiger partial charge in [0.05, 0.1) is 0 Å². The molecule has 5 nitrogen and oxygen atoms in total. The van der Waals surface area contributed by atoms with E-state index in [4.69, 9.17) is 4.74 Å². The van der Waals surface area contributed by atoms with Crippen molar-refractivity contribution in [3.8, 4) is 22.9 Å². The molecule has 3 heterocycles. The summed E-state index contributed by atoms with van der Waals surface area (Å²) in [7, 11) is 0. The van der Waals surface area contributed by atoms with Gasteiger partial charge in [-0.25, -0.2) is 15.0 Å². The molecule has 0 radical (unpaired) electrons. The molecule has 3 aromatic heterocycles. The Labute approximate surface area is 145 Å². The number of benzene rings is 1. The number of para-hydroxylation sites is 1. The van der Waals surface area contributed by atoms with Gasteiger partial charge in [-0.3, -0.25) is 0 Å². The highest BCUT2D eigenvalue weighted by Crippen LogP contribution is 2.24. The third-order valence-corrected chi connectivity index (χ3v) is 3.71.